The summed E-state index contributed by atoms with van der Waals surface area (Å²) in [5.74, 6) is -0.344. The highest BCUT2D eigenvalue weighted by molar-refractivity contribution is 5.74. The molecule has 1 aliphatic rings. The molecule has 0 aromatic rings. The van der Waals surface area contributed by atoms with E-state index in [1.54, 1.807) is 0 Å². The van der Waals surface area contributed by atoms with Gasteiger partial charge in [-0.1, -0.05) is 19.3 Å². The van der Waals surface area contributed by atoms with Gasteiger partial charge in [0, 0.05) is 12.6 Å². The maximum Gasteiger partial charge on any atom is 0.243 e. The smallest absolute Gasteiger partial charge is 0.243 e. The summed E-state index contributed by atoms with van der Waals surface area (Å²) in [5, 5.41) is 12.4. The lowest BCUT2D eigenvalue weighted by atomic mass is 9.96. The van der Waals surface area contributed by atoms with Gasteiger partial charge in [-0.3, -0.25) is 4.79 Å². The molecule has 0 aliphatic heterocycles. The minimum absolute atomic E-state index is 0.0337. The van der Waals surface area contributed by atoms with Crippen LogP contribution in [0.15, 0.2) is 0 Å². The Morgan fingerprint density at radius 2 is 2.18 bits per heavy atom. The van der Waals surface area contributed by atoms with Crippen LogP contribution in [0.3, 0.4) is 0 Å². The fourth-order valence-electron chi connectivity index (χ4n) is 2.20. The molecule has 0 radical (unpaired) electrons. The molecule has 17 heavy (non-hydrogen) atoms. The van der Waals surface area contributed by atoms with Crippen molar-refractivity contribution in [2.24, 2.45) is 11.7 Å². The first-order valence-electron chi connectivity index (χ1n) is 6.23. The monoisotopic (exact) mass is 239 g/mol. The van der Waals surface area contributed by atoms with Crippen LogP contribution in [-0.2, 0) is 9.53 Å². The molecular weight excluding hydrogens is 218 g/mol. The highest BCUT2D eigenvalue weighted by Gasteiger charge is 2.22. The van der Waals surface area contributed by atoms with Crippen molar-refractivity contribution >= 4 is 5.91 Å². The predicted molar refractivity (Wildman–Crippen MR) is 64.0 cm³/mol. The molecule has 2 atom stereocenters. The molecule has 5 heteroatoms. The van der Waals surface area contributed by atoms with E-state index in [1.165, 1.54) is 12.8 Å². The van der Waals surface area contributed by atoms with Gasteiger partial charge in [-0.05, 0) is 12.8 Å². The number of carbonyl (C=O) groups excluding carboxylic acids is 1. The third kappa shape index (κ3) is 5.66. The van der Waals surface area contributed by atoms with E-state index in [1.807, 2.05) is 0 Å². The molecule has 1 saturated carbocycles. The van der Waals surface area contributed by atoms with Gasteiger partial charge in [0.15, 0.2) is 0 Å². The summed E-state index contributed by atoms with van der Waals surface area (Å²) in [4.78, 5) is 10.4. The summed E-state index contributed by atoms with van der Waals surface area (Å²) in [6.45, 7) is 1.09. The SMILES string of the molecule is N#CC1CCCCCC1NCCOCC(N)=O. The van der Waals surface area contributed by atoms with Gasteiger partial charge in [-0.2, -0.15) is 5.26 Å². The van der Waals surface area contributed by atoms with E-state index < -0.39 is 5.91 Å². The van der Waals surface area contributed by atoms with Crippen LogP contribution in [0.5, 0.6) is 0 Å². The second-order valence-corrected chi connectivity index (χ2v) is 4.45. The fourth-order valence-corrected chi connectivity index (χ4v) is 2.20. The number of primary amides is 1. The minimum atomic E-state index is -0.450. The molecule has 1 aliphatic carbocycles. The minimum Gasteiger partial charge on any atom is -0.370 e. The van der Waals surface area contributed by atoms with Crippen LogP contribution in [0.4, 0.5) is 0 Å². The van der Waals surface area contributed by atoms with Crippen LogP contribution in [-0.4, -0.2) is 31.7 Å². The lowest BCUT2D eigenvalue weighted by molar-refractivity contribution is -0.122. The summed E-state index contributed by atoms with van der Waals surface area (Å²) < 4.78 is 5.07. The summed E-state index contributed by atoms with van der Waals surface area (Å²) in [7, 11) is 0. The zero-order valence-corrected chi connectivity index (χ0v) is 10.2. The number of nitrogens with zero attached hydrogens (tertiary/aromatic N) is 1. The van der Waals surface area contributed by atoms with Gasteiger partial charge in [-0.25, -0.2) is 0 Å². The standard InChI is InChI=1S/C12H21N3O2/c13-8-10-4-2-1-3-5-11(10)15-6-7-17-9-12(14)16/h10-11,15H,1-7,9H2,(H2,14,16). The second-order valence-electron chi connectivity index (χ2n) is 4.45. The summed E-state index contributed by atoms with van der Waals surface area (Å²) in [6, 6.07) is 2.64. The number of amides is 1. The van der Waals surface area contributed by atoms with Crippen LogP contribution in [0, 0.1) is 17.2 Å². The van der Waals surface area contributed by atoms with E-state index in [9.17, 15) is 4.79 Å². The molecule has 1 fully saturated rings. The quantitative estimate of drug-likeness (QED) is 0.523. The van der Waals surface area contributed by atoms with Gasteiger partial charge >= 0.3 is 0 Å². The topological polar surface area (TPSA) is 88.1 Å². The van der Waals surface area contributed by atoms with Crippen molar-refractivity contribution in [2.75, 3.05) is 19.8 Å². The number of carbonyl (C=O) groups is 1. The Morgan fingerprint density at radius 1 is 1.41 bits per heavy atom. The van der Waals surface area contributed by atoms with E-state index in [2.05, 4.69) is 11.4 Å². The first-order valence-corrected chi connectivity index (χ1v) is 6.23. The third-order valence-corrected chi connectivity index (χ3v) is 3.08. The Morgan fingerprint density at radius 3 is 2.88 bits per heavy atom. The molecule has 0 bridgehead atoms. The Hall–Kier alpha value is -1.12. The third-order valence-electron chi connectivity index (χ3n) is 3.08. The van der Waals surface area contributed by atoms with E-state index in [0.29, 0.717) is 13.2 Å². The van der Waals surface area contributed by atoms with Gasteiger partial charge in [0.05, 0.1) is 18.6 Å². The van der Waals surface area contributed by atoms with Gasteiger partial charge in [0.25, 0.3) is 0 Å². The first-order chi connectivity index (χ1) is 8.24. The molecule has 1 amide bonds. The molecule has 0 aromatic heterocycles. The lowest BCUT2D eigenvalue weighted by Gasteiger charge is -2.20. The van der Waals surface area contributed by atoms with Crippen LogP contribution in [0.2, 0.25) is 0 Å². The Kier molecular flexibility index (Phi) is 6.60. The molecule has 0 aromatic carbocycles. The molecular formula is C12H21N3O2. The number of rotatable bonds is 6. The van der Waals surface area contributed by atoms with Crippen molar-refractivity contribution in [1.29, 1.82) is 5.26 Å². The number of nitrogens with two attached hydrogens (primary N) is 1. The van der Waals surface area contributed by atoms with E-state index >= 15 is 0 Å². The van der Waals surface area contributed by atoms with Gasteiger partial charge < -0.3 is 15.8 Å². The molecule has 5 nitrogen and oxygen atoms in total. The Labute approximate surface area is 102 Å². The highest BCUT2D eigenvalue weighted by Crippen LogP contribution is 2.22. The number of nitriles is 1. The van der Waals surface area contributed by atoms with Crippen molar-refractivity contribution in [3.8, 4) is 6.07 Å². The summed E-state index contributed by atoms with van der Waals surface area (Å²) in [6.07, 6.45) is 5.57. The van der Waals surface area contributed by atoms with Crippen molar-refractivity contribution < 1.29 is 9.53 Å². The average molecular weight is 239 g/mol. The number of hydrogen-bond donors (Lipinski definition) is 2. The molecule has 1 rings (SSSR count). The van der Waals surface area contributed by atoms with Crippen molar-refractivity contribution in [2.45, 2.75) is 38.1 Å². The second kappa shape index (κ2) is 8.04. The first kappa shape index (κ1) is 13.9. The average Bonchev–Trinajstić information content (AvgIpc) is 2.53. The zero-order chi connectivity index (χ0) is 12.5. The van der Waals surface area contributed by atoms with Crippen molar-refractivity contribution in [3.05, 3.63) is 0 Å². The predicted octanol–water partition coefficient (Wildman–Crippen LogP) is 0.550. The number of nitrogens with one attached hydrogen (secondary N) is 1. The molecule has 96 valence electrons. The van der Waals surface area contributed by atoms with Crippen LogP contribution < -0.4 is 11.1 Å². The molecule has 2 unspecified atom stereocenters. The summed E-state index contributed by atoms with van der Waals surface area (Å²) in [5.41, 5.74) is 4.95. The van der Waals surface area contributed by atoms with E-state index in [0.717, 1.165) is 19.3 Å². The maximum atomic E-state index is 10.4. The summed E-state index contributed by atoms with van der Waals surface area (Å²) >= 11 is 0. The van der Waals surface area contributed by atoms with Crippen molar-refractivity contribution in [1.82, 2.24) is 5.32 Å². The van der Waals surface area contributed by atoms with Crippen molar-refractivity contribution in [3.63, 3.8) is 0 Å². The van der Waals surface area contributed by atoms with E-state index in [4.69, 9.17) is 15.7 Å². The van der Waals surface area contributed by atoms with Crippen LogP contribution in [0.25, 0.3) is 0 Å². The lowest BCUT2D eigenvalue weighted by Crippen LogP contribution is -2.37. The zero-order valence-electron chi connectivity index (χ0n) is 10.2. The Bertz CT molecular complexity index is 275. The van der Waals surface area contributed by atoms with Crippen LogP contribution in [0.1, 0.15) is 32.1 Å². The highest BCUT2D eigenvalue weighted by atomic mass is 16.5. The Balaban J connectivity index is 2.19. The maximum absolute atomic E-state index is 10.4. The van der Waals surface area contributed by atoms with Gasteiger partial charge in [0.1, 0.15) is 6.61 Å². The number of hydrogen-bond acceptors (Lipinski definition) is 4. The molecule has 0 heterocycles. The normalized spacial score (nSPS) is 24.9. The molecule has 0 saturated heterocycles. The van der Waals surface area contributed by atoms with E-state index in [-0.39, 0.29) is 18.6 Å². The van der Waals surface area contributed by atoms with Crippen LogP contribution >= 0.6 is 0 Å². The van der Waals surface area contributed by atoms with Gasteiger partial charge in [0.2, 0.25) is 5.91 Å². The fraction of sp³-hybridized carbons (Fsp3) is 0.833. The van der Waals surface area contributed by atoms with Gasteiger partial charge in [-0.15, -0.1) is 0 Å². The molecule has 3 N–H and O–H groups in total. The molecule has 0 spiro atoms. The number of ether oxygens (including phenoxy) is 1. The largest absolute Gasteiger partial charge is 0.370 e.